The van der Waals surface area contributed by atoms with Crippen LogP contribution in [0, 0.1) is 11.8 Å². The Kier molecular flexibility index (Phi) is 4.02. The van der Waals surface area contributed by atoms with Gasteiger partial charge in [-0.05, 0) is 43.6 Å². The van der Waals surface area contributed by atoms with Crippen molar-refractivity contribution in [1.82, 2.24) is 4.90 Å². The average Bonchev–Trinajstić information content (AvgIpc) is 3.28. The van der Waals surface area contributed by atoms with Crippen LogP contribution < -0.4 is 0 Å². The van der Waals surface area contributed by atoms with Crippen LogP contribution in [0.25, 0.3) is 0 Å². The minimum atomic E-state index is 0.224. The molecule has 1 aromatic rings. The molecule has 108 valence electrons. The lowest BCUT2D eigenvalue weighted by atomic mass is 9.93. The molecule has 0 bridgehead atoms. The Bertz CT molecular complexity index is 465. The normalized spacial score (nSPS) is 28.2. The molecule has 0 aromatic heterocycles. The molecule has 20 heavy (non-hydrogen) atoms. The molecule has 1 saturated heterocycles. The number of nitrogens with zero attached hydrogens (tertiary/aromatic N) is 1. The molecule has 0 radical (unpaired) electrons. The lowest BCUT2D eigenvalue weighted by Crippen LogP contribution is -2.41. The lowest BCUT2D eigenvalue weighted by molar-refractivity contribution is -0.134. The van der Waals surface area contributed by atoms with E-state index in [-0.39, 0.29) is 11.3 Å². The molecule has 1 amide bonds. The molecule has 1 saturated carbocycles. The highest BCUT2D eigenvalue weighted by Gasteiger charge is 2.46. The minimum Gasteiger partial charge on any atom is -0.342 e. The number of amides is 1. The zero-order chi connectivity index (χ0) is 14.1. The molecular weight excluding hydrogens is 270 g/mol. The van der Waals surface area contributed by atoms with E-state index >= 15 is 0 Å². The fraction of sp³-hybridized carbons (Fsp3) is 0.588. The Labute approximate surface area is 126 Å². The molecule has 3 rings (SSSR count). The third kappa shape index (κ3) is 2.85. The van der Waals surface area contributed by atoms with Gasteiger partial charge in [0.2, 0.25) is 5.91 Å². The van der Waals surface area contributed by atoms with E-state index in [0.29, 0.717) is 17.7 Å². The molecule has 2 nitrogen and oxygen atoms in total. The first-order valence-corrected chi connectivity index (χ1v) is 8.08. The quantitative estimate of drug-likeness (QED) is 0.778. The minimum absolute atomic E-state index is 0.224. The summed E-state index contributed by atoms with van der Waals surface area (Å²) in [4.78, 5) is 14.6. The predicted octanol–water partition coefficient (Wildman–Crippen LogP) is 3.66. The molecule has 3 heteroatoms. The maximum absolute atomic E-state index is 12.5. The summed E-state index contributed by atoms with van der Waals surface area (Å²) in [5.41, 5.74) is 1.31. The predicted molar refractivity (Wildman–Crippen MR) is 81.9 cm³/mol. The molecular formula is C17H22ClNO. The van der Waals surface area contributed by atoms with Gasteiger partial charge < -0.3 is 4.90 Å². The number of benzene rings is 1. The van der Waals surface area contributed by atoms with Gasteiger partial charge in [0, 0.05) is 24.4 Å². The van der Waals surface area contributed by atoms with Gasteiger partial charge in [0.25, 0.3) is 0 Å². The van der Waals surface area contributed by atoms with Gasteiger partial charge in [0.15, 0.2) is 0 Å². The van der Waals surface area contributed by atoms with Crippen molar-refractivity contribution in [1.29, 1.82) is 0 Å². The van der Waals surface area contributed by atoms with Gasteiger partial charge in [0.05, 0.1) is 0 Å². The van der Waals surface area contributed by atoms with Crippen molar-refractivity contribution in [2.75, 3.05) is 13.1 Å². The summed E-state index contributed by atoms with van der Waals surface area (Å²) >= 11 is 6.16. The van der Waals surface area contributed by atoms with E-state index in [9.17, 15) is 4.79 Å². The monoisotopic (exact) mass is 291 g/mol. The molecule has 0 N–H and O–H groups in total. The maximum Gasteiger partial charge on any atom is 0.226 e. The lowest BCUT2D eigenvalue weighted by Gasteiger charge is -2.33. The molecule has 3 unspecified atom stereocenters. The van der Waals surface area contributed by atoms with Crippen LogP contribution >= 0.6 is 11.6 Å². The molecule has 0 spiro atoms. The smallest absolute Gasteiger partial charge is 0.226 e. The molecule has 2 fully saturated rings. The highest BCUT2D eigenvalue weighted by Crippen LogP contribution is 2.48. The van der Waals surface area contributed by atoms with Gasteiger partial charge in [-0.15, -0.1) is 11.6 Å². The van der Waals surface area contributed by atoms with Crippen LogP contribution in [0.15, 0.2) is 30.3 Å². The van der Waals surface area contributed by atoms with Crippen molar-refractivity contribution in [2.24, 2.45) is 11.8 Å². The number of rotatable bonds is 3. The fourth-order valence-electron chi connectivity index (χ4n) is 3.35. The van der Waals surface area contributed by atoms with E-state index in [1.807, 2.05) is 6.07 Å². The van der Waals surface area contributed by atoms with E-state index in [0.717, 1.165) is 32.4 Å². The van der Waals surface area contributed by atoms with Gasteiger partial charge in [-0.2, -0.15) is 0 Å². The standard InChI is InChI=1S/C17H22ClNO/c1-12(18)13-7-9-19(10-8-13)17(20)16-11-15(16)14-5-3-2-4-6-14/h2-6,12-13,15-16H,7-11H2,1H3. The number of piperidine rings is 1. The number of carbonyl (C=O) groups excluding carboxylic acids is 1. The topological polar surface area (TPSA) is 20.3 Å². The van der Waals surface area contributed by atoms with Gasteiger partial charge in [0.1, 0.15) is 0 Å². The number of hydrogen-bond donors (Lipinski definition) is 0. The van der Waals surface area contributed by atoms with Crippen LogP contribution in [-0.4, -0.2) is 29.3 Å². The maximum atomic E-state index is 12.5. The molecule has 2 aliphatic rings. The summed E-state index contributed by atoms with van der Waals surface area (Å²) in [6, 6.07) is 10.4. The van der Waals surface area contributed by atoms with E-state index in [1.165, 1.54) is 5.56 Å². The van der Waals surface area contributed by atoms with E-state index in [2.05, 4.69) is 36.1 Å². The second kappa shape index (κ2) is 5.77. The summed E-state index contributed by atoms with van der Waals surface area (Å²) in [7, 11) is 0. The van der Waals surface area contributed by atoms with Crippen molar-refractivity contribution >= 4 is 17.5 Å². The largest absolute Gasteiger partial charge is 0.342 e. The SMILES string of the molecule is CC(Cl)C1CCN(C(=O)C2CC2c2ccccc2)CC1. The number of halogens is 1. The number of hydrogen-bond acceptors (Lipinski definition) is 1. The van der Waals surface area contributed by atoms with E-state index < -0.39 is 0 Å². The van der Waals surface area contributed by atoms with Crippen molar-refractivity contribution in [3.63, 3.8) is 0 Å². The first-order chi connectivity index (χ1) is 9.66. The average molecular weight is 292 g/mol. The van der Waals surface area contributed by atoms with Gasteiger partial charge in [-0.25, -0.2) is 0 Å². The second-order valence-corrected chi connectivity index (χ2v) is 6.89. The van der Waals surface area contributed by atoms with Crippen molar-refractivity contribution in [3.05, 3.63) is 35.9 Å². The van der Waals surface area contributed by atoms with Gasteiger partial charge in [-0.3, -0.25) is 4.79 Å². The molecule has 1 aliphatic heterocycles. The first-order valence-electron chi connectivity index (χ1n) is 7.64. The second-order valence-electron chi connectivity index (χ2n) is 6.20. The summed E-state index contributed by atoms with van der Waals surface area (Å²) in [5.74, 6) is 1.61. The number of alkyl halides is 1. The Morgan fingerprint density at radius 3 is 2.50 bits per heavy atom. The van der Waals surface area contributed by atoms with E-state index in [1.54, 1.807) is 0 Å². The Morgan fingerprint density at radius 1 is 1.25 bits per heavy atom. The van der Waals surface area contributed by atoms with Crippen LogP contribution in [0.2, 0.25) is 0 Å². The van der Waals surface area contributed by atoms with Crippen molar-refractivity contribution in [2.45, 2.75) is 37.5 Å². The van der Waals surface area contributed by atoms with Crippen molar-refractivity contribution in [3.8, 4) is 0 Å². The van der Waals surface area contributed by atoms with Gasteiger partial charge in [-0.1, -0.05) is 30.3 Å². The third-order valence-electron chi connectivity index (χ3n) is 4.84. The van der Waals surface area contributed by atoms with Crippen molar-refractivity contribution < 1.29 is 4.79 Å². The van der Waals surface area contributed by atoms with Crippen LogP contribution in [0.4, 0.5) is 0 Å². The number of likely N-dealkylation sites (tertiary alicyclic amines) is 1. The highest BCUT2D eigenvalue weighted by molar-refractivity contribution is 6.20. The Morgan fingerprint density at radius 2 is 1.90 bits per heavy atom. The number of carbonyl (C=O) groups is 1. The van der Waals surface area contributed by atoms with Crippen LogP contribution in [0.1, 0.15) is 37.7 Å². The molecule has 1 heterocycles. The highest BCUT2D eigenvalue weighted by atomic mass is 35.5. The molecule has 3 atom stereocenters. The summed E-state index contributed by atoms with van der Waals surface area (Å²) in [6.45, 7) is 3.84. The third-order valence-corrected chi connectivity index (χ3v) is 5.19. The molecule has 1 aromatic carbocycles. The summed E-state index contributed by atoms with van der Waals surface area (Å²) < 4.78 is 0. The summed E-state index contributed by atoms with van der Waals surface area (Å²) in [5, 5.41) is 0.227. The van der Waals surface area contributed by atoms with Crippen LogP contribution in [-0.2, 0) is 4.79 Å². The van der Waals surface area contributed by atoms with Crippen LogP contribution in [0.3, 0.4) is 0 Å². The fourth-order valence-corrected chi connectivity index (χ4v) is 3.60. The van der Waals surface area contributed by atoms with Gasteiger partial charge >= 0.3 is 0 Å². The Balaban J connectivity index is 1.54. The molecule has 1 aliphatic carbocycles. The Hall–Kier alpha value is -1.02. The van der Waals surface area contributed by atoms with E-state index in [4.69, 9.17) is 11.6 Å². The first kappa shape index (κ1) is 13.9. The zero-order valence-electron chi connectivity index (χ0n) is 12.0. The van der Waals surface area contributed by atoms with Crippen LogP contribution in [0.5, 0.6) is 0 Å². The summed E-state index contributed by atoms with van der Waals surface area (Å²) in [6.07, 6.45) is 3.13. The zero-order valence-corrected chi connectivity index (χ0v) is 12.7.